The number of piperazine rings is 1. The second kappa shape index (κ2) is 8.55. The van der Waals surface area contributed by atoms with Crippen molar-refractivity contribution < 1.29 is 14.7 Å². The second-order valence-electron chi connectivity index (χ2n) is 11.2. The van der Waals surface area contributed by atoms with Crippen molar-refractivity contribution in [3.63, 3.8) is 0 Å². The second-order valence-corrected chi connectivity index (χ2v) is 11.2. The Bertz CT molecular complexity index is 905. The summed E-state index contributed by atoms with van der Waals surface area (Å²) in [5.74, 6) is 2.19. The number of nitrogens with one attached hydrogen (secondary N) is 1. The van der Waals surface area contributed by atoms with Crippen LogP contribution in [0.2, 0.25) is 0 Å². The van der Waals surface area contributed by atoms with Crippen LogP contribution >= 0.6 is 0 Å². The number of pyridine rings is 1. The van der Waals surface area contributed by atoms with E-state index in [4.69, 9.17) is 4.98 Å². The average Bonchev–Trinajstić information content (AvgIpc) is 2.74. The fourth-order valence-corrected chi connectivity index (χ4v) is 7.05. The Morgan fingerprint density at radius 3 is 2.55 bits per heavy atom. The molecule has 1 aromatic rings. The molecular formula is C25H37N5O3. The van der Waals surface area contributed by atoms with Crippen LogP contribution in [-0.2, 0) is 4.79 Å². The number of hydrogen-bond donors (Lipinski definition) is 2. The van der Waals surface area contributed by atoms with Crippen LogP contribution in [0.1, 0.15) is 49.5 Å². The first-order valence-corrected chi connectivity index (χ1v) is 12.4. The molecular weight excluding hydrogens is 418 g/mol. The van der Waals surface area contributed by atoms with Crippen molar-refractivity contribution in [1.82, 2.24) is 20.1 Å². The number of aromatic nitrogens is 1. The van der Waals surface area contributed by atoms with Crippen molar-refractivity contribution in [2.24, 2.45) is 17.8 Å². The van der Waals surface area contributed by atoms with Gasteiger partial charge in [0.1, 0.15) is 11.5 Å². The number of hydrogen-bond acceptors (Lipinski definition) is 6. The van der Waals surface area contributed by atoms with Gasteiger partial charge in [0.2, 0.25) is 5.91 Å². The maximum atomic E-state index is 13.2. The smallest absolute Gasteiger partial charge is 0.270 e. The van der Waals surface area contributed by atoms with Crippen molar-refractivity contribution in [1.29, 1.82) is 0 Å². The Kier molecular flexibility index (Phi) is 5.85. The molecule has 5 fully saturated rings. The first kappa shape index (κ1) is 22.6. The first-order valence-electron chi connectivity index (χ1n) is 12.4. The summed E-state index contributed by atoms with van der Waals surface area (Å²) >= 11 is 0. The van der Waals surface area contributed by atoms with Crippen molar-refractivity contribution >= 4 is 17.6 Å². The molecule has 4 saturated carbocycles. The summed E-state index contributed by atoms with van der Waals surface area (Å²) in [6.07, 6.45) is 4.80. The highest BCUT2D eigenvalue weighted by atomic mass is 16.3. The SMILES string of the molecule is CC1CN(C(=O)CN(C)C)CCN1c1cccc(C(=O)NC2C3CC4CC2CC(O)(C4)C3)n1. The van der Waals surface area contributed by atoms with Crippen molar-refractivity contribution in [2.75, 3.05) is 45.2 Å². The number of aliphatic hydroxyl groups is 1. The monoisotopic (exact) mass is 455 g/mol. The summed E-state index contributed by atoms with van der Waals surface area (Å²) in [6.45, 7) is 4.53. The number of anilines is 1. The van der Waals surface area contributed by atoms with Crippen molar-refractivity contribution in [3.05, 3.63) is 23.9 Å². The fourth-order valence-electron chi connectivity index (χ4n) is 7.05. The van der Waals surface area contributed by atoms with Gasteiger partial charge in [0.05, 0.1) is 12.1 Å². The lowest BCUT2D eigenvalue weighted by Gasteiger charge is -2.58. The van der Waals surface area contributed by atoms with Gasteiger partial charge in [0.25, 0.3) is 5.91 Å². The molecule has 2 heterocycles. The number of amides is 2. The third-order valence-corrected chi connectivity index (χ3v) is 8.23. The van der Waals surface area contributed by atoms with Gasteiger partial charge in [-0.25, -0.2) is 4.98 Å². The maximum absolute atomic E-state index is 13.2. The van der Waals surface area contributed by atoms with Gasteiger partial charge in [-0.15, -0.1) is 0 Å². The number of rotatable bonds is 5. The van der Waals surface area contributed by atoms with Crippen LogP contribution in [0.3, 0.4) is 0 Å². The lowest BCUT2D eigenvalue weighted by Crippen LogP contribution is -2.61. The quantitative estimate of drug-likeness (QED) is 0.697. The molecule has 3 unspecified atom stereocenters. The molecule has 33 heavy (non-hydrogen) atoms. The Morgan fingerprint density at radius 2 is 1.91 bits per heavy atom. The Morgan fingerprint density at radius 1 is 1.18 bits per heavy atom. The number of carbonyl (C=O) groups excluding carboxylic acids is 2. The molecule has 2 amide bonds. The summed E-state index contributed by atoms with van der Waals surface area (Å²) < 4.78 is 0. The zero-order valence-electron chi connectivity index (χ0n) is 20.0. The van der Waals surface area contributed by atoms with Crippen LogP contribution in [-0.4, -0.2) is 89.7 Å². The molecule has 6 rings (SSSR count). The normalized spacial score (nSPS) is 35.2. The summed E-state index contributed by atoms with van der Waals surface area (Å²) in [5.41, 5.74) is -0.0550. The molecule has 4 aliphatic carbocycles. The lowest BCUT2D eigenvalue weighted by molar-refractivity contribution is -0.137. The predicted octanol–water partition coefficient (Wildman–Crippen LogP) is 1.35. The zero-order valence-corrected chi connectivity index (χ0v) is 20.0. The van der Waals surface area contributed by atoms with Gasteiger partial charge in [0.15, 0.2) is 0 Å². The maximum Gasteiger partial charge on any atom is 0.270 e. The third-order valence-electron chi connectivity index (χ3n) is 8.23. The van der Waals surface area contributed by atoms with Crippen LogP contribution in [0, 0.1) is 17.8 Å². The summed E-state index contributed by atoms with van der Waals surface area (Å²) in [6, 6.07) is 5.89. The highest BCUT2D eigenvalue weighted by molar-refractivity contribution is 5.93. The van der Waals surface area contributed by atoms with E-state index in [1.54, 1.807) is 6.07 Å². The summed E-state index contributed by atoms with van der Waals surface area (Å²) in [7, 11) is 3.81. The molecule has 8 nitrogen and oxygen atoms in total. The van der Waals surface area contributed by atoms with Crippen LogP contribution in [0.5, 0.6) is 0 Å². The van der Waals surface area contributed by atoms with Gasteiger partial charge < -0.3 is 25.1 Å². The minimum absolute atomic E-state index is 0.117. The van der Waals surface area contributed by atoms with Gasteiger partial charge in [-0.05, 0) is 83.0 Å². The van der Waals surface area contributed by atoms with E-state index in [-0.39, 0.29) is 23.9 Å². The molecule has 5 aliphatic rings. The van der Waals surface area contributed by atoms with Gasteiger partial charge in [-0.2, -0.15) is 0 Å². The van der Waals surface area contributed by atoms with E-state index >= 15 is 0 Å². The summed E-state index contributed by atoms with van der Waals surface area (Å²) in [4.78, 5) is 36.3. The van der Waals surface area contributed by atoms with E-state index in [9.17, 15) is 14.7 Å². The summed E-state index contributed by atoms with van der Waals surface area (Å²) in [5, 5.41) is 14.1. The molecule has 0 aromatic carbocycles. The van der Waals surface area contributed by atoms with E-state index in [0.717, 1.165) is 37.9 Å². The van der Waals surface area contributed by atoms with Crippen LogP contribution < -0.4 is 10.2 Å². The Labute approximate surface area is 196 Å². The average molecular weight is 456 g/mol. The fraction of sp³-hybridized carbons (Fsp3) is 0.720. The van der Waals surface area contributed by atoms with E-state index in [2.05, 4.69) is 17.1 Å². The Hall–Kier alpha value is -2.19. The van der Waals surface area contributed by atoms with Gasteiger partial charge in [-0.3, -0.25) is 9.59 Å². The Balaban J connectivity index is 1.23. The minimum Gasteiger partial charge on any atom is -0.390 e. The molecule has 3 atom stereocenters. The predicted molar refractivity (Wildman–Crippen MR) is 126 cm³/mol. The van der Waals surface area contributed by atoms with Gasteiger partial charge >= 0.3 is 0 Å². The molecule has 1 saturated heterocycles. The van der Waals surface area contributed by atoms with E-state index in [1.807, 2.05) is 36.0 Å². The molecule has 1 aliphatic heterocycles. The van der Waals surface area contributed by atoms with E-state index in [1.165, 1.54) is 0 Å². The molecule has 8 heteroatoms. The molecule has 180 valence electrons. The molecule has 1 aromatic heterocycles. The van der Waals surface area contributed by atoms with Crippen LogP contribution in [0.15, 0.2) is 18.2 Å². The number of likely N-dealkylation sites (N-methyl/N-ethyl adjacent to an activating group) is 1. The van der Waals surface area contributed by atoms with Crippen LogP contribution in [0.25, 0.3) is 0 Å². The van der Waals surface area contributed by atoms with Crippen molar-refractivity contribution in [2.45, 2.75) is 56.7 Å². The zero-order chi connectivity index (χ0) is 23.3. The largest absolute Gasteiger partial charge is 0.390 e. The molecule has 2 N–H and O–H groups in total. The molecule has 0 spiro atoms. The minimum atomic E-state index is -0.498. The number of nitrogens with zero attached hydrogens (tertiary/aromatic N) is 4. The van der Waals surface area contributed by atoms with E-state index in [0.29, 0.717) is 49.6 Å². The topological polar surface area (TPSA) is 89.0 Å². The number of carbonyl (C=O) groups is 2. The third kappa shape index (κ3) is 4.47. The lowest BCUT2D eigenvalue weighted by atomic mass is 9.52. The molecule has 4 bridgehead atoms. The molecule has 0 radical (unpaired) electrons. The highest BCUT2D eigenvalue weighted by Gasteiger charge is 2.55. The van der Waals surface area contributed by atoms with Gasteiger partial charge in [0, 0.05) is 31.7 Å². The first-order chi connectivity index (χ1) is 15.7. The highest BCUT2D eigenvalue weighted by Crippen LogP contribution is 2.55. The van der Waals surface area contributed by atoms with Gasteiger partial charge in [-0.1, -0.05) is 6.07 Å². The van der Waals surface area contributed by atoms with Crippen LogP contribution in [0.4, 0.5) is 5.82 Å². The van der Waals surface area contributed by atoms with E-state index < -0.39 is 5.60 Å². The standard InChI is InChI=1S/C25H37N5O3/c1-16-14-29(22(31)15-28(2)3)7-8-30(16)21-6-4-5-20(26-21)24(32)27-23-18-9-17-10-19(23)13-25(33,11-17)12-18/h4-6,16-19,23,33H,7-15H2,1-3H3,(H,27,32). The van der Waals surface area contributed by atoms with Crippen molar-refractivity contribution in [3.8, 4) is 0 Å².